The second kappa shape index (κ2) is 6.72. The molecular formula is C18H15FN2O4. The lowest BCUT2D eigenvalue weighted by Gasteiger charge is -2.17. The zero-order chi connectivity index (χ0) is 18.0. The van der Waals surface area contributed by atoms with Crippen LogP contribution >= 0.6 is 0 Å². The van der Waals surface area contributed by atoms with Crippen molar-refractivity contribution in [1.82, 2.24) is 10.2 Å². The maximum absolute atomic E-state index is 14.3. The summed E-state index contributed by atoms with van der Waals surface area (Å²) in [5.41, 5.74) is 0.508. The highest BCUT2D eigenvalue weighted by Crippen LogP contribution is 2.29. The standard InChI is InChI=1S/C18H15FN2O4/c1-2-20-18(24)25-15-9-5-8-14(19)13(15)10-21-16(22)11-6-3-4-7-12(11)17(21)23/h3-9H,2,10H2,1H3,(H,20,24). The number of nitrogens with one attached hydrogen (secondary N) is 1. The molecule has 0 fully saturated rings. The highest BCUT2D eigenvalue weighted by atomic mass is 19.1. The highest BCUT2D eigenvalue weighted by Gasteiger charge is 2.36. The molecule has 1 aliphatic heterocycles. The van der Waals surface area contributed by atoms with Crippen molar-refractivity contribution in [1.29, 1.82) is 0 Å². The van der Waals surface area contributed by atoms with Gasteiger partial charge in [0.2, 0.25) is 0 Å². The second-order valence-corrected chi connectivity index (χ2v) is 5.38. The maximum Gasteiger partial charge on any atom is 0.412 e. The van der Waals surface area contributed by atoms with Crippen LogP contribution in [0.15, 0.2) is 42.5 Å². The first-order valence-corrected chi connectivity index (χ1v) is 7.71. The van der Waals surface area contributed by atoms with Crippen LogP contribution in [-0.4, -0.2) is 29.4 Å². The Morgan fingerprint density at radius 3 is 2.32 bits per heavy atom. The minimum Gasteiger partial charge on any atom is -0.410 e. The molecule has 128 valence electrons. The molecule has 25 heavy (non-hydrogen) atoms. The lowest BCUT2D eigenvalue weighted by atomic mass is 10.1. The molecule has 6 nitrogen and oxygen atoms in total. The fourth-order valence-electron chi connectivity index (χ4n) is 2.61. The molecule has 7 heteroatoms. The van der Waals surface area contributed by atoms with E-state index >= 15 is 0 Å². The number of hydrogen-bond donors (Lipinski definition) is 1. The maximum atomic E-state index is 14.3. The predicted octanol–water partition coefficient (Wildman–Crippen LogP) is 2.73. The van der Waals surface area contributed by atoms with Gasteiger partial charge in [0.15, 0.2) is 0 Å². The summed E-state index contributed by atoms with van der Waals surface area (Å²) < 4.78 is 19.3. The van der Waals surface area contributed by atoms with Crippen molar-refractivity contribution >= 4 is 17.9 Å². The molecule has 3 rings (SSSR count). The van der Waals surface area contributed by atoms with Crippen LogP contribution < -0.4 is 10.1 Å². The zero-order valence-corrected chi connectivity index (χ0v) is 13.4. The van der Waals surface area contributed by atoms with Gasteiger partial charge in [-0.25, -0.2) is 9.18 Å². The summed E-state index contributed by atoms with van der Waals surface area (Å²) in [6, 6.07) is 10.4. The summed E-state index contributed by atoms with van der Waals surface area (Å²) >= 11 is 0. The van der Waals surface area contributed by atoms with Gasteiger partial charge in [0.1, 0.15) is 11.6 Å². The van der Waals surface area contributed by atoms with Crippen LogP contribution in [0, 0.1) is 5.82 Å². The summed E-state index contributed by atoms with van der Waals surface area (Å²) in [5.74, 6) is -1.72. The van der Waals surface area contributed by atoms with E-state index in [0.717, 1.165) is 4.90 Å². The molecule has 0 bridgehead atoms. The lowest BCUT2D eigenvalue weighted by Crippen LogP contribution is -2.31. The molecule has 0 atom stereocenters. The predicted molar refractivity (Wildman–Crippen MR) is 86.7 cm³/mol. The van der Waals surface area contributed by atoms with Crippen LogP contribution in [0.4, 0.5) is 9.18 Å². The van der Waals surface area contributed by atoms with Crippen LogP contribution in [-0.2, 0) is 6.54 Å². The first-order valence-electron chi connectivity index (χ1n) is 7.71. The van der Waals surface area contributed by atoms with Crippen LogP contribution in [0.2, 0.25) is 0 Å². The zero-order valence-electron chi connectivity index (χ0n) is 13.4. The lowest BCUT2D eigenvalue weighted by molar-refractivity contribution is 0.0640. The molecule has 0 aliphatic carbocycles. The molecule has 1 N–H and O–H groups in total. The van der Waals surface area contributed by atoms with Crippen molar-refractivity contribution in [2.75, 3.05) is 6.54 Å². The number of fused-ring (bicyclic) bond motifs is 1. The number of rotatable bonds is 4. The number of carbonyl (C=O) groups is 3. The Kier molecular flexibility index (Phi) is 4.47. The van der Waals surface area contributed by atoms with Gasteiger partial charge in [0, 0.05) is 6.54 Å². The van der Waals surface area contributed by atoms with Crippen LogP contribution in [0.3, 0.4) is 0 Å². The summed E-state index contributed by atoms with van der Waals surface area (Å²) in [6.07, 6.45) is -0.739. The van der Waals surface area contributed by atoms with Gasteiger partial charge in [0.25, 0.3) is 11.8 Å². The number of nitrogens with zero attached hydrogens (tertiary/aromatic N) is 1. The Morgan fingerprint density at radius 2 is 1.72 bits per heavy atom. The third-order valence-electron chi connectivity index (χ3n) is 3.79. The van der Waals surface area contributed by atoms with Gasteiger partial charge in [0.05, 0.1) is 23.2 Å². The molecule has 0 aromatic heterocycles. The topological polar surface area (TPSA) is 75.7 Å². The van der Waals surface area contributed by atoms with Crippen molar-refractivity contribution in [2.24, 2.45) is 0 Å². The minimum atomic E-state index is -0.739. The van der Waals surface area contributed by atoms with Gasteiger partial charge in [-0.2, -0.15) is 0 Å². The minimum absolute atomic E-state index is 0.0386. The largest absolute Gasteiger partial charge is 0.412 e. The highest BCUT2D eigenvalue weighted by molar-refractivity contribution is 6.21. The van der Waals surface area contributed by atoms with Crippen molar-refractivity contribution in [2.45, 2.75) is 13.5 Å². The quantitative estimate of drug-likeness (QED) is 0.867. The fraction of sp³-hybridized carbons (Fsp3) is 0.167. The van der Waals surface area contributed by atoms with Crippen LogP contribution in [0.5, 0.6) is 5.75 Å². The number of carbonyl (C=O) groups excluding carboxylic acids is 3. The summed E-state index contributed by atoms with van der Waals surface area (Å²) in [4.78, 5) is 37.4. The van der Waals surface area contributed by atoms with Crippen molar-refractivity contribution < 1.29 is 23.5 Å². The number of halogens is 1. The SMILES string of the molecule is CCNC(=O)Oc1cccc(F)c1CN1C(=O)c2ccccc2C1=O. The Bertz CT molecular complexity index is 831. The average molecular weight is 342 g/mol. The Labute approximate surface area is 143 Å². The first kappa shape index (κ1) is 16.6. The van der Waals surface area contributed by atoms with E-state index in [2.05, 4.69) is 5.32 Å². The Morgan fingerprint density at radius 1 is 1.08 bits per heavy atom. The third kappa shape index (κ3) is 3.08. The molecule has 1 heterocycles. The van der Waals surface area contributed by atoms with E-state index in [1.54, 1.807) is 31.2 Å². The van der Waals surface area contributed by atoms with E-state index in [1.165, 1.54) is 18.2 Å². The number of benzene rings is 2. The Hall–Kier alpha value is -3.22. The van der Waals surface area contributed by atoms with E-state index < -0.39 is 23.7 Å². The van der Waals surface area contributed by atoms with Crippen molar-refractivity contribution in [3.8, 4) is 5.75 Å². The van der Waals surface area contributed by atoms with E-state index in [0.29, 0.717) is 6.54 Å². The second-order valence-electron chi connectivity index (χ2n) is 5.38. The van der Waals surface area contributed by atoms with Gasteiger partial charge >= 0.3 is 6.09 Å². The van der Waals surface area contributed by atoms with Crippen LogP contribution in [0.1, 0.15) is 33.2 Å². The molecule has 0 radical (unpaired) electrons. The molecule has 1 aliphatic rings. The number of ether oxygens (including phenoxy) is 1. The van der Waals surface area contributed by atoms with E-state index in [4.69, 9.17) is 4.74 Å². The average Bonchev–Trinajstić information content (AvgIpc) is 2.83. The van der Waals surface area contributed by atoms with Crippen molar-refractivity contribution in [3.05, 3.63) is 65.0 Å². The molecule has 2 aromatic carbocycles. The third-order valence-corrected chi connectivity index (χ3v) is 3.79. The van der Waals surface area contributed by atoms with E-state index in [9.17, 15) is 18.8 Å². The summed E-state index contributed by atoms with van der Waals surface area (Å²) in [6.45, 7) is 1.74. The molecular weight excluding hydrogens is 327 g/mol. The summed E-state index contributed by atoms with van der Waals surface area (Å²) in [7, 11) is 0. The van der Waals surface area contributed by atoms with Gasteiger partial charge in [-0.3, -0.25) is 14.5 Å². The van der Waals surface area contributed by atoms with Crippen LogP contribution in [0.25, 0.3) is 0 Å². The summed E-state index contributed by atoms with van der Waals surface area (Å²) in [5, 5.41) is 2.43. The smallest absolute Gasteiger partial charge is 0.410 e. The molecule has 2 aromatic rings. The molecule has 3 amide bonds. The molecule has 0 unspecified atom stereocenters. The van der Waals surface area contributed by atoms with Crippen molar-refractivity contribution in [3.63, 3.8) is 0 Å². The van der Waals surface area contributed by atoms with Gasteiger partial charge in [-0.15, -0.1) is 0 Å². The first-order chi connectivity index (χ1) is 12.0. The monoisotopic (exact) mass is 342 g/mol. The normalized spacial score (nSPS) is 13.0. The molecule has 0 spiro atoms. The van der Waals surface area contributed by atoms with E-state index in [1.807, 2.05) is 0 Å². The Balaban J connectivity index is 1.90. The fourth-order valence-corrected chi connectivity index (χ4v) is 2.61. The van der Waals surface area contributed by atoms with Gasteiger partial charge in [-0.05, 0) is 31.2 Å². The molecule has 0 saturated carbocycles. The molecule has 0 saturated heterocycles. The van der Waals surface area contributed by atoms with Gasteiger partial charge < -0.3 is 10.1 Å². The number of hydrogen-bond acceptors (Lipinski definition) is 4. The van der Waals surface area contributed by atoms with E-state index in [-0.39, 0.29) is 29.0 Å². The number of imide groups is 1. The van der Waals surface area contributed by atoms with Gasteiger partial charge in [-0.1, -0.05) is 18.2 Å². The number of amides is 3.